The second-order valence-electron chi connectivity index (χ2n) is 10.2. The van der Waals surface area contributed by atoms with E-state index in [9.17, 15) is 39.5 Å². The van der Waals surface area contributed by atoms with Crippen LogP contribution in [0.25, 0.3) is 0 Å². The van der Waals surface area contributed by atoms with Crippen LogP contribution in [-0.4, -0.2) is 99.1 Å². The second-order valence-corrected chi connectivity index (χ2v) is 11.6. The minimum absolute atomic E-state index is 0.0365. The number of benzene rings is 1. The van der Waals surface area contributed by atoms with Crippen molar-refractivity contribution >= 4 is 41.3 Å². The van der Waals surface area contributed by atoms with Gasteiger partial charge in [-0.2, -0.15) is 0 Å². The molecule has 4 rings (SSSR count). The quantitative estimate of drug-likeness (QED) is 0.191. The molecule has 0 unspecified atom stereocenters. The summed E-state index contributed by atoms with van der Waals surface area (Å²) in [6.45, 7) is 3.24. The maximum Gasteiger partial charge on any atom is 0.410 e. The summed E-state index contributed by atoms with van der Waals surface area (Å²) in [7, 11) is 1.47. The Morgan fingerprint density at radius 2 is 1.95 bits per heavy atom. The number of hydrogen-bond donors (Lipinski definition) is 3. The van der Waals surface area contributed by atoms with E-state index in [0.29, 0.717) is 16.9 Å². The zero-order chi connectivity index (χ0) is 30.0. The lowest BCUT2D eigenvalue weighted by Gasteiger charge is -2.46. The van der Waals surface area contributed by atoms with Crippen molar-refractivity contribution in [3.8, 4) is 0 Å². The Labute approximate surface area is 239 Å². The van der Waals surface area contributed by atoms with Gasteiger partial charge in [-0.05, 0) is 31.0 Å². The predicted octanol–water partition coefficient (Wildman–Crippen LogP) is 1.32. The first-order chi connectivity index (χ1) is 19.4. The van der Waals surface area contributed by atoms with Crippen molar-refractivity contribution in [2.75, 3.05) is 26.8 Å². The van der Waals surface area contributed by atoms with Gasteiger partial charge < -0.3 is 34.8 Å². The maximum absolute atomic E-state index is 13.1. The Hall–Kier alpha value is -3.69. The van der Waals surface area contributed by atoms with Gasteiger partial charge >= 0.3 is 12.1 Å². The number of aliphatic hydroxyl groups excluding tert-OH is 1. The number of rotatable bonds is 11. The van der Waals surface area contributed by atoms with Crippen LogP contribution in [0.5, 0.6) is 0 Å². The molecular formula is C26H32N4O10S. The first-order valence-corrected chi connectivity index (χ1v) is 13.9. The summed E-state index contributed by atoms with van der Waals surface area (Å²) in [6, 6.07) is 4.68. The molecule has 0 bridgehead atoms. The fraction of sp³-hybridized carbons (Fsp3) is 0.538. The van der Waals surface area contributed by atoms with Gasteiger partial charge in [0.15, 0.2) is 0 Å². The number of hydrogen-bond acceptors (Lipinski definition) is 10. The number of carboxylic acids is 1. The van der Waals surface area contributed by atoms with Gasteiger partial charge in [-0.25, -0.2) is 9.59 Å². The Morgan fingerprint density at radius 3 is 2.54 bits per heavy atom. The van der Waals surface area contributed by atoms with E-state index in [1.807, 2.05) is 6.92 Å². The molecule has 3 heterocycles. The van der Waals surface area contributed by atoms with E-state index in [1.165, 1.54) is 59.8 Å². The highest BCUT2D eigenvalue weighted by Crippen LogP contribution is 2.52. The Bertz CT molecular complexity index is 1250. The van der Waals surface area contributed by atoms with Crippen LogP contribution in [0.1, 0.15) is 25.8 Å². The number of aliphatic carboxylic acids is 1. The zero-order valence-corrected chi connectivity index (χ0v) is 23.5. The lowest BCUT2D eigenvalue weighted by molar-refractivity contribution is -0.384. The van der Waals surface area contributed by atoms with E-state index in [4.69, 9.17) is 9.47 Å². The first-order valence-electron chi connectivity index (χ1n) is 13.0. The van der Waals surface area contributed by atoms with E-state index >= 15 is 0 Å². The number of non-ortho nitro benzene ring substituents is 1. The van der Waals surface area contributed by atoms with Crippen molar-refractivity contribution in [1.82, 2.24) is 15.1 Å². The summed E-state index contributed by atoms with van der Waals surface area (Å²) >= 11 is 1.29. The minimum atomic E-state index is -1.23. The van der Waals surface area contributed by atoms with Crippen molar-refractivity contribution in [3.63, 3.8) is 0 Å². The van der Waals surface area contributed by atoms with Crippen LogP contribution in [-0.2, 0) is 30.5 Å². The number of carbonyl (C=O) groups is 4. The molecule has 0 aromatic heterocycles. The number of β-lactam (4-membered cyclic amide) rings is 1. The average molecular weight is 593 g/mol. The number of likely N-dealkylation sites (tertiary alicyclic amines) is 1. The van der Waals surface area contributed by atoms with Crippen LogP contribution >= 0.6 is 11.8 Å². The number of ether oxygens (including phenoxy) is 2. The highest BCUT2D eigenvalue weighted by atomic mass is 32.2. The number of nitrogens with one attached hydrogen (secondary N) is 1. The summed E-state index contributed by atoms with van der Waals surface area (Å²) in [4.78, 5) is 63.2. The topological polar surface area (TPSA) is 189 Å². The number of carboxylic acid groups (broad SMARTS) is 1. The van der Waals surface area contributed by atoms with Gasteiger partial charge in [0.1, 0.15) is 18.9 Å². The first kappa shape index (κ1) is 30.3. The van der Waals surface area contributed by atoms with Gasteiger partial charge in [0, 0.05) is 41.8 Å². The van der Waals surface area contributed by atoms with Gasteiger partial charge in [0.2, 0.25) is 11.8 Å². The molecule has 0 spiro atoms. The van der Waals surface area contributed by atoms with E-state index in [2.05, 4.69) is 5.32 Å². The SMILES string of the molecule is CNC(=O)COC[C@@H]1C[C@H](SC2=C(C(=O)O)N3C(=O)[C@H]([C@@H](C)O)[C@H]3[C@H]2C)CN1C(=O)OCc1ccc([N+](=O)[O-])cc1. The molecule has 41 heavy (non-hydrogen) atoms. The molecule has 222 valence electrons. The molecule has 6 atom stereocenters. The molecule has 0 saturated carbocycles. The standard InChI is InChI=1S/C26H32N4O10S/c1-13-21-20(14(2)31)24(33)29(21)22(25(34)35)23(13)41-18-8-17(11-39-12-19(32)27-3)28(9-18)26(36)40-10-15-4-6-16(7-5-15)30(37)38/h4-7,13-14,17-18,20-21,31H,8-12H2,1-3H3,(H,27,32)(H,34,35)/t13-,14-,17+,18+,20-,21-/m1/s1. The van der Waals surface area contributed by atoms with Crippen molar-refractivity contribution < 1.29 is 43.8 Å². The summed E-state index contributed by atoms with van der Waals surface area (Å²) in [5.74, 6) is -3.00. The molecule has 3 aliphatic rings. The van der Waals surface area contributed by atoms with Crippen molar-refractivity contribution in [2.24, 2.45) is 11.8 Å². The lowest BCUT2D eigenvalue weighted by Crippen LogP contribution is -2.63. The van der Waals surface area contributed by atoms with E-state index in [0.717, 1.165) is 0 Å². The Balaban J connectivity index is 1.47. The van der Waals surface area contributed by atoms with Gasteiger partial charge in [-0.1, -0.05) is 6.92 Å². The molecule has 2 fully saturated rings. The average Bonchev–Trinajstić information content (AvgIpc) is 3.43. The summed E-state index contributed by atoms with van der Waals surface area (Å²) in [5.41, 5.74) is 0.371. The van der Waals surface area contributed by atoms with Crippen LogP contribution in [0.15, 0.2) is 34.9 Å². The van der Waals surface area contributed by atoms with E-state index in [1.54, 1.807) is 0 Å². The molecule has 3 aliphatic heterocycles. The molecule has 0 aliphatic carbocycles. The second kappa shape index (κ2) is 12.4. The zero-order valence-electron chi connectivity index (χ0n) is 22.7. The molecule has 2 saturated heterocycles. The molecule has 14 nitrogen and oxygen atoms in total. The lowest BCUT2D eigenvalue weighted by atomic mass is 9.79. The monoisotopic (exact) mass is 592 g/mol. The van der Waals surface area contributed by atoms with Crippen LogP contribution in [0.3, 0.4) is 0 Å². The van der Waals surface area contributed by atoms with Crippen LogP contribution in [0, 0.1) is 22.0 Å². The number of fused-ring (bicyclic) bond motifs is 1. The molecule has 1 aromatic carbocycles. The Kier molecular flexibility index (Phi) is 9.19. The fourth-order valence-corrected chi connectivity index (χ4v) is 7.06. The summed E-state index contributed by atoms with van der Waals surface area (Å²) in [5, 5.41) is 33.1. The number of amides is 3. The molecule has 3 N–H and O–H groups in total. The summed E-state index contributed by atoms with van der Waals surface area (Å²) < 4.78 is 11.0. The minimum Gasteiger partial charge on any atom is -0.477 e. The highest BCUT2D eigenvalue weighted by Gasteiger charge is 2.60. The third kappa shape index (κ3) is 6.16. The highest BCUT2D eigenvalue weighted by molar-refractivity contribution is 8.03. The van der Waals surface area contributed by atoms with Gasteiger partial charge in [0.25, 0.3) is 5.69 Å². The van der Waals surface area contributed by atoms with Crippen LogP contribution in [0.4, 0.5) is 10.5 Å². The smallest absolute Gasteiger partial charge is 0.410 e. The fourth-order valence-electron chi connectivity index (χ4n) is 5.50. The number of carbonyl (C=O) groups excluding carboxylic acids is 3. The largest absolute Gasteiger partial charge is 0.477 e. The molecule has 15 heteroatoms. The number of nitro groups is 1. The third-order valence-corrected chi connectivity index (χ3v) is 9.04. The van der Waals surface area contributed by atoms with Gasteiger partial charge in [-0.15, -0.1) is 11.8 Å². The predicted molar refractivity (Wildman–Crippen MR) is 144 cm³/mol. The normalized spacial score (nSPS) is 26.0. The van der Waals surface area contributed by atoms with Gasteiger partial charge in [-0.3, -0.25) is 19.7 Å². The molecule has 1 aromatic rings. The number of nitro benzene ring substituents is 1. The number of likely N-dealkylation sites (N-methyl/N-ethyl adjacent to an activating group) is 1. The molecular weight excluding hydrogens is 560 g/mol. The van der Waals surface area contributed by atoms with E-state index < -0.39 is 47.0 Å². The molecule has 0 radical (unpaired) electrons. The third-order valence-electron chi connectivity index (χ3n) is 7.55. The van der Waals surface area contributed by atoms with E-state index in [-0.39, 0.29) is 54.8 Å². The number of thioether (sulfide) groups is 1. The van der Waals surface area contributed by atoms with Crippen molar-refractivity contribution in [2.45, 2.75) is 50.3 Å². The summed E-state index contributed by atoms with van der Waals surface area (Å²) in [6.07, 6.45) is -1.16. The number of nitrogens with zero attached hydrogens (tertiary/aromatic N) is 3. The van der Waals surface area contributed by atoms with Crippen molar-refractivity contribution in [3.05, 3.63) is 50.5 Å². The Morgan fingerprint density at radius 1 is 1.27 bits per heavy atom. The van der Waals surface area contributed by atoms with Crippen LogP contribution < -0.4 is 5.32 Å². The number of aliphatic hydroxyl groups is 1. The van der Waals surface area contributed by atoms with Crippen molar-refractivity contribution in [1.29, 1.82) is 0 Å². The molecule has 3 amide bonds. The van der Waals surface area contributed by atoms with Gasteiger partial charge in [0.05, 0.1) is 35.6 Å². The maximum atomic E-state index is 13.1. The van der Waals surface area contributed by atoms with Crippen LogP contribution in [0.2, 0.25) is 0 Å².